The van der Waals surface area contributed by atoms with Crippen molar-refractivity contribution in [2.45, 2.75) is 38.1 Å². The quantitative estimate of drug-likeness (QED) is 0.403. The summed E-state index contributed by atoms with van der Waals surface area (Å²) < 4.78 is 4.84. The van der Waals surface area contributed by atoms with Crippen molar-refractivity contribution < 1.29 is 14.5 Å². The average Bonchev–Trinajstić information content (AvgIpc) is 2.88. The molecule has 0 aliphatic heterocycles. The van der Waals surface area contributed by atoms with Gasteiger partial charge in [-0.2, -0.15) is 0 Å². The third-order valence-corrected chi connectivity index (χ3v) is 3.69. The van der Waals surface area contributed by atoms with E-state index in [1.807, 2.05) is 0 Å². The van der Waals surface area contributed by atoms with Gasteiger partial charge in [-0.3, -0.25) is 10.1 Å². The molecule has 0 spiro atoms. The van der Waals surface area contributed by atoms with Gasteiger partial charge >= 0.3 is 11.5 Å². The molecule has 2 saturated carbocycles. The summed E-state index contributed by atoms with van der Waals surface area (Å²) in [7, 11) is 0. The van der Waals surface area contributed by atoms with Crippen LogP contribution in [0.1, 0.15) is 32.6 Å². The number of nitro groups is 1. The first-order chi connectivity index (χ1) is 7.15. The second-order valence-electron chi connectivity index (χ2n) is 4.30. The summed E-state index contributed by atoms with van der Waals surface area (Å²) in [6, 6.07) is 0. The van der Waals surface area contributed by atoms with Crippen LogP contribution in [0.3, 0.4) is 0 Å². The van der Waals surface area contributed by atoms with Gasteiger partial charge in [-0.15, -0.1) is 0 Å². The molecule has 0 heterocycles. The predicted octanol–water partition coefficient (Wildman–Crippen LogP) is 1.39. The second kappa shape index (κ2) is 3.47. The maximum Gasteiger partial charge on any atom is 0.385 e. The van der Waals surface area contributed by atoms with E-state index in [1.54, 1.807) is 6.92 Å². The van der Waals surface area contributed by atoms with Crippen LogP contribution in [0.15, 0.2) is 0 Å². The molecule has 0 bridgehead atoms. The normalized spacial score (nSPS) is 37.9. The van der Waals surface area contributed by atoms with Crippen molar-refractivity contribution in [3.63, 3.8) is 0 Å². The minimum atomic E-state index is -1.38. The Morgan fingerprint density at radius 2 is 2.00 bits per heavy atom. The van der Waals surface area contributed by atoms with Gasteiger partial charge < -0.3 is 4.74 Å². The van der Waals surface area contributed by atoms with Gasteiger partial charge in [-0.1, -0.05) is 12.8 Å². The Balaban J connectivity index is 2.20. The smallest absolute Gasteiger partial charge is 0.385 e. The maximum atomic E-state index is 11.7. The molecule has 5 nitrogen and oxygen atoms in total. The number of hydrogen-bond acceptors (Lipinski definition) is 4. The summed E-state index contributed by atoms with van der Waals surface area (Å²) in [4.78, 5) is 22.3. The van der Waals surface area contributed by atoms with Crippen LogP contribution in [-0.4, -0.2) is 23.0 Å². The molecule has 5 heteroatoms. The average molecular weight is 213 g/mol. The summed E-state index contributed by atoms with van der Waals surface area (Å²) in [5.41, 5.74) is -1.38. The zero-order valence-electron chi connectivity index (χ0n) is 8.77. The Bertz CT molecular complexity index is 290. The molecule has 1 unspecified atom stereocenters. The molecular weight excluding hydrogens is 198 g/mol. The lowest BCUT2D eigenvalue weighted by atomic mass is 10.0. The number of hydrogen-bond donors (Lipinski definition) is 0. The van der Waals surface area contributed by atoms with Crippen molar-refractivity contribution in [1.82, 2.24) is 0 Å². The number of nitrogens with zero attached hydrogens (tertiary/aromatic N) is 1. The first kappa shape index (κ1) is 10.4. The second-order valence-corrected chi connectivity index (χ2v) is 4.30. The number of fused-ring (bicyclic) bond motifs is 1. The van der Waals surface area contributed by atoms with Crippen molar-refractivity contribution in [2.75, 3.05) is 6.61 Å². The fraction of sp³-hybridized carbons (Fsp3) is 0.900. The molecule has 2 rings (SSSR count). The molecule has 0 amide bonds. The number of ether oxygens (including phenoxy) is 1. The highest BCUT2D eigenvalue weighted by atomic mass is 16.6. The topological polar surface area (TPSA) is 69.4 Å². The molecule has 3 atom stereocenters. The molecule has 0 aromatic carbocycles. The van der Waals surface area contributed by atoms with Gasteiger partial charge in [0.05, 0.1) is 18.4 Å². The largest absolute Gasteiger partial charge is 0.461 e. The number of carbonyl (C=O) groups is 1. The van der Waals surface area contributed by atoms with Crippen molar-refractivity contribution in [3.05, 3.63) is 10.1 Å². The van der Waals surface area contributed by atoms with Crippen LogP contribution in [0.4, 0.5) is 0 Å². The van der Waals surface area contributed by atoms with Gasteiger partial charge in [0.1, 0.15) is 0 Å². The molecule has 84 valence electrons. The highest BCUT2D eigenvalue weighted by Crippen LogP contribution is 2.61. The van der Waals surface area contributed by atoms with Gasteiger partial charge in [0.15, 0.2) is 0 Å². The molecule has 0 aromatic heterocycles. The predicted molar refractivity (Wildman–Crippen MR) is 51.8 cm³/mol. The first-order valence-electron chi connectivity index (χ1n) is 5.47. The molecular formula is C10H15NO4. The van der Waals surface area contributed by atoms with Crippen LogP contribution < -0.4 is 0 Å². The standard InChI is InChI=1S/C10H15NO4/c1-2-15-9(12)10(11(13)14)7-5-3-4-6-8(7)10/h7-8H,2-6H2,1H3/t7-,8+,10?. The zero-order valence-corrected chi connectivity index (χ0v) is 8.77. The molecule has 15 heavy (non-hydrogen) atoms. The Hall–Kier alpha value is -1.13. The summed E-state index contributed by atoms with van der Waals surface area (Å²) in [5, 5.41) is 11.1. The lowest BCUT2D eigenvalue weighted by Crippen LogP contribution is -2.37. The van der Waals surface area contributed by atoms with Crippen molar-refractivity contribution in [2.24, 2.45) is 11.8 Å². The van der Waals surface area contributed by atoms with Gasteiger partial charge in [0.25, 0.3) is 0 Å². The Morgan fingerprint density at radius 1 is 1.47 bits per heavy atom. The Morgan fingerprint density at radius 3 is 2.40 bits per heavy atom. The van der Waals surface area contributed by atoms with Gasteiger partial charge in [0, 0.05) is 4.92 Å². The highest BCUT2D eigenvalue weighted by Gasteiger charge is 2.81. The minimum absolute atomic E-state index is 0.0692. The lowest BCUT2D eigenvalue weighted by Gasteiger charge is -2.07. The fourth-order valence-electron chi connectivity index (χ4n) is 2.99. The highest BCUT2D eigenvalue weighted by molar-refractivity contribution is 5.84. The molecule has 0 aromatic rings. The third-order valence-electron chi connectivity index (χ3n) is 3.69. The van der Waals surface area contributed by atoms with E-state index in [0.29, 0.717) is 0 Å². The summed E-state index contributed by atoms with van der Waals surface area (Å²) >= 11 is 0. The Labute approximate surface area is 87.9 Å². The third kappa shape index (κ3) is 1.25. The summed E-state index contributed by atoms with van der Waals surface area (Å²) in [6.45, 7) is 1.89. The molecule has 0 radical (unpaired) electrons. The molecule has 0 N–H and O–H groups in total. The van der Waals surface area contributed by atoms with E-state index in [-0.39, 0.29) is 18.4 Å². The first-order valence-corrected chi connectivity index (χ1v) is 5.47. The minimum Gasteiger partial charge on any atom is -0.461 e. The molecule has 0 saturated heterocycles. The van der Waals surface area contributed by atoms with Crippen molar-refractivity contribution in [1.29, 1.82) is 0 Å². The van der Waals surface area contributed by atoms with Crippen LogP contribution in [-0.2, 0) is 9.53 Å². The van der Waals surface area contributed by atoms with E-state index in [4.69, 9.17) is 4.74 Å². The van der Waals surface area contributed by atoms with Gasteiger partial charge in [-0.25, -0.2) is 4.79 Å². The van der Waals surface area contributed by atoms with Crippen LogP contribution in [0, 0.1) is 22.0 Å². The van der Waals surface area contributed by atoms with Crippen LogP contribution in [0.2, 0.25) is 0 Å². The van der Waals surface area contributed by atoms with E-state index >= 15 is 0 Å². The van der Waals surface area contributed by atoms with E-state index in [0.717, 1.165) is 25.7 Å². The van der Waals surface area contributed by atoms with Gasteiger partial charge in [-0.05, 0) is 19.8 Å². The summed E-state index contributed by atoms with van der Waals surface area (Å²) in [5.74, 6) is -0.757. The van der Waals surface area contributed by atoms with Crippen LogP contribution in [0.5, 0.6) is 0 Å². The molecule has 2 fully saturated rings. The van der Waals surface area contributed by atoms with E-state index in [1.165, 1.54) is 0 Å². The number of esters is 1. The Kier molecular flexibility index (Phi) is 2.40. The van der Waals surface area contributed by atoms with Gasteiger partial charge in [0.2, 0.25) is 0 Å². The lowest BCUT2D eigenvalue weighted by molar-refractivity contribution is -0.532. The maximum absolute atomic E-state index is 11.7. The fourth-order valence-corrected chi connectivity index (χ4v) is 2.99. The number of rotatable bonds is 3. The van der Waals surface area contributed by atoms with E-state index in [2.05, 4.69) is 0 Å². The monoisotopic (exact) mass is 213 g/mol. The van der Waals surface area contributed by atoms with Crippen molar-refractivity contribution in [3.8, 4) is 0 Å². The van der Waals surface area contributed by atoms with Crippen molar-refractivity contribution >= 4 is 5.97 Å². The SMILES string of the molecule is CCOC(=O)C1([N+](=O)[O-])[C@@H]2CCCC[C@@H]21. The number of carbonyl (C=O) groups excluding carboxylic acids is 1. The molecule has 2 aliphatic carbocycles. The van der Waals surface area contributed by atoms with Crippen LogP contribution in [0.25, 0.3) is 0 Å². The van der Waals surface area contributed by atoms with E-state index < -0.39 is 16.4 Å². The molecule has 2 aliphatic rings. The zero-order chi connectivity index (χ0) is 11.1. The van der Waals surface area contributed by atoms with E-state index in [9.17, 15) is 14.9 Å². The summed E-state index contributed by atoms with van der Waals surface area (Å²) in [6.07, 6.45) is 3.58. The van der Waals surface area contributed by atoms with Crippen LogP contribution >= 0.6 is 0 Å².